The highest BCUT2D eigenvalue weighted by Crippen LogP contribution is 2.11. The van der Waals surface area contributed by atoms with E-state index in [0.717, 1.165) is 44.3 Å². The Bertz CT molecular complexity index is 391. The van der Waals surface area contributed by atoms with Gasteiger partial charge < -0.3 is 4.74 Å². The first-order chi connectivity index (χ1) is 10.2. The van der Waals surface area contributed by atoms with E-state index < -0.39 is 0 Å². The highest BCUT2D eigenvalue weighted by molar-refractivity contribution is 5.75. The van der Waals surface area contributed by atoms with Crippen LogP contribution in [0.1, 0.15) is 52.0 Å². The molecule has 0 aliphatic heterocycles. The number of rotatable bonds is 10. The van der Waals surface area contributed by atoms with E-state index in [-0.39, 0.29) is 12.0 Å². The zero-order valence-corrected chi connectivity index (χ0v) is 13.7. The van der Waals surface area contributed by atoms with E-state index in [0.29, 0.717) is 6.61 Å². The van der Waals surface area contributed by atoms with Gasteiger partial charge in [-0.15, -0.1) is 0 Å². The summed E-state index contributed by atoms with van der Waals surface area (Å²) in [4.78, 5) is 14.6. The molecular formula is C18H29NO2. The van der Waals surface area contributed by atoms with E-state index in [1.165, 1.54) is 0 Å². The summed E-state index contributed by atoms with van der Waals surface area (Å²) in [6.45, 7) is 8.69. The third-order valence-electron chi connectivity index (χ3n) is 3.63. The monoisotopic (exact) mass is 291 g/mol. The second-order valence-electron chi connectivity index (χ2n) is 5.41. The summed E-state index contributed by atoms with van der Waals surface area (Å²) in [5, 5.41) is 0. The SMILES string of the molecule is CCCCN(CCC)C(CC)C(=O)OCc1ccccc1. The maximum absolute atomic E-state index is 12.4. The van der Waals surface area contributed by atoms with Gasteiger partial charge >= 0.3 is 5.97 Å². The zero-order valence-electron chi connectivity index (χ0n) is 13.7. The maximum atomic E-state index is 12.4. The van der Waals surface area contributed by atoms with E-state index in [1.54, 1.807) is 0 Å². The fourth-order valence-corrected chi connectivity index (χ4v) is 2.47. The molecule has 0 heterocycles. The van der Waals surface area contributed by atoms with Gasteiger partial charge in [-0.2, -0.15) is 0 Å². The van der Waals surface area contributed by atoms with Crippen LogP contribution in [-0.4, -0.2) is 30.0 Å². The first-order valence-electron chi connectivity index (χ1n) is 8.17. The van der Waals surface area contributed by atoms with Gasteiger partial charge in [-0.05, 0) is 37.9 Å². The van der Waals surface area contributed by atoms with Crippen LogP contribution >= 0.6 is 0 Å². The molecule has 1 atom stereocenters. The molecule has 0 N–H and O–H groups in total. The fraction of sp³-hybridized carbons (Fsp3) is 0.611. The van der Waals surface area contributed by atoms with Gasteiger partial charge in [-0.25, -0.2) is 0 Å². The van der Waals surface area contributed by atoms with Crippen molar-refractivity contribution in [1.82, 2.24) is 4.90 Å². The van der Waals surface area contributed by atoms with Crippen LogP contribution in [0.5, 0.6) is 0 Å². The van der Waals surface area contributed by atoms with Crippen molar-refractivity contribution < 1.29 is 9.53 Å². The summed E-state index contributed by atoms with van der Waals surface area (Å²) < 4.78 is 5.51. The second-order valence-corrected chi connectivity index (χ2v) is 5.41. The van der Waals surface area contributed by atoms with Gasteiger partial charge in [0.15, 0.2) is 0 Å². The Morgan fingerprint density at radius 2 is 1.81 bits per heavy atom. The summed E-state index contributed by atoms with van der Waals surface area (Å²) in [6.07, 6.45) is 4.14. The number of benzene rings is 1. The van der Waals surface area contributed by atoms with Crippen molar-refractivity contribution in [3.8, 4) is 0 Å². The van der Waals surface area contributed by atoms with Crippen LogP contribution < -0.4 is 0 Å². The lowest BCUT2D eigenvalue weighted by atomic mass is 10.1. The van der Waals surface area contributed by atoms with Crippen molar-refractivity contribution in [2.45, 2.75) is 59.1 Å². The molecule has 0 saturated heterocycles. The summed E-state index contributed by atoms with van der Waals surface area (Å²) >= 11 is 0. The Labute approximate surface area is 129 Å². The van der Waals surface area contributed by atoms with Gasteiger partial charge in [0.05, 0.1) is 0 Å². The number of hydrogen-bond donors (Lipinski definition) is 0. The van der Waals surface area contributed by atoms with Gasteiger partial charge in [0.1, 0.15) is 12.6 Å². The highest BCUT2D eigenvalue weighted by Gasteiger charge is 2.24. The molecule has 21 heavy (non-hydrogen) atoms. The van der Waals surface area contributed by atoms with Gasteiger partial charge in [0.25, 0.3) is 0 Å². The molecule has 0 bridgehead atoms. The molecular weight excluding hydrogens is 262 g/mol. The van der Waals surface area contributed by atoms with Crippen molar-refractivity contribution in [3.05, 3.63) is 35.9 Å². The predicted octanol–water partition coefficient (Wildman–Crippen LogP) is 4.02. The van der Waals surface area contributed by atoms with E-state index in [4.69, 9.17) is 4.74 Å². The molecule has 1 unspecified atom stereocenters. The number of nitrogens with zero attached hydrogens (tertiary/aromatic N) is 1. The largest absolute Gasteiger partial charge is 0.460 e. The van der Waals surface area contributed by atoms with Crippen LogP contribution in [0.2, 0.25) is 0 Å². The Hall–Kier alpha value is -1.35. The lowest BCUT2D eigenvalue weighted by Crippen LogP contribution is -2.42. The van der Waals surface area contributed by atoms with Crippen LogP contribution in [0.4, 0.5) is 0 Å². The molecule has 0 amide bonds. The lowest BCUT2D eigenvalue weighted by molar-refractivity contribution is -0.151. The smallest absolute Gasteiger partial charge is 0.323 e. The molecule has 3 heteroatoms. The standard InChI is InChI=1S/C18H29NO2/c1-4-7-14-19(13-5-2)17(6-3)18(20)21-15-16-11-9-8-10-12-16/h8-12,17H,4-7,13-15H2,1-3H3. The third-order valence-corrected chi connectivity index (χ3v) is 3.63. The first kappa shape index (κ1) is 17.7. The Morgan fingerprint density at radius 3 is 2.38 bits per heavy atom. The van der Waals surface area contributed by atoms with Gasteiger partial charge in [0, 0.05) is 0 Å². The molecule has 1 rings (SSSR count). The van der Waals surface area contributed by atoms with Crippen molar-refractivity contribution in [2.75, 3.05) is 13.1 Å². The van der Waals surface area contributed by atoms with Gasteiger partial charge in [-0.1, -0.05) is 57.5 Å². The van der Waals surface area contributed by atoms with E-state index >= 15 is 0 Å². The van der Waals surface area contributed by atoms with Gasteiger partial charge in [-0.3, -0.25) is 9.69 Å². The fourth-order valence-electron chi connectivity index (χ4n) is 2.47. The molecule has 0 fully saturated rings. The molecule has 0 spiro atoms. The van der Waals surface area contributed by atoms with E-state index in [1.807, 2.05) is 30.3 Å². The summed E-state index contributed by atoms with van der Waals surface area (Å²) in [7, 11) is 0. The Morgan fingerprint density at radius 1 is 1.10 bits per heavy atom. The number of esters is 1. The minimum absolute atomic E-state index is 0.0918. The van der Waals surface area contributed by atoms with Crippen LogP contribution in [0.3, 0.4) is 0 Å². The topological polar surface area (TPSA) is 29.5 Å². The molecule has 1 aromatic carbocycles. The Balaban J connectivity index is 2.56. The number of carbonyl (C=O) groups is 1. The number of unbranched alkanes of at least 4 members (excludes halogenated alkanes) is 1. The normalized spacial score (nSPS) is 12.4. The average molecular weight is 291 g/mol. The average Bonchev–Trinajstić information content (AvgIpc) is 2.52. The number of hydrogen-bond acceptors (Lipinski definition) is 3. The second kappa shape index (κ2) is 10.4. The van der Waals surface area contributed by atoms with Gasteiger partial charge in [0.2, 0.25) is 0 Å². The van der Waals surface area contributed by atoms with Crippen LogP contribution in [0, 0.1) is 0 Å². The van der Waals surface area contributed by atoms with Crippen molar-refractivity contribution in [2.24, 2.45) is 0 Å². The number of carbonyl (C=O) groups excluding carboxylic acids is 1. The molecule has 1 aromatic rings. The summed E-state index contributed by atoms with van der Waals surface area (Å²) in [5.41, 5.74) is 1.04. The van der Waals surface area contributed by atoms with E-state index in [2.05, 4.69) is 25.7 Å². The minimum Gasteiger partial charge on any atom is -0.460 e. The molecule has 0 aromatic heterocycles. The number of ether oxygens (including phenoxy) is 1. The summed E-state index contributed by atoms with van der Waals surface area (Å²) in [5.74, 6) is -0.0918. The zero-order chi connectivity index (χ0) is 15.5. The van der Waals surface area contributed by atoms with Crippen LogP contribution in [0.25, 0.3) is 0 Å². The quantitative estimate of drug-likeness (QED) is 0.610. The minimum atomic E-state index is -0.111. The first-order valence-corrected chi connectivity index (χ1v) is 8.17. The summed E-state index contributed by atoms with van der Waals surface area (Å²) in [6, 6.07) is 9.74. The van der Waals surface area contributed by atoms with Crippen molar-refractivity contribution in [1.29, 1.82) is 0 Å². The highest BCUT2D eigenvalue weighted by atomic mass is 16.5. The lowest BCUT2D eigenvalue weighted by Gasteiger charge is -2.29. The molecule has 0 aliphatic rings. The molecule has 0 radical (unpaired) electrons. The Kier molecular flexibility index (Phi) is 8.76. The predicted molar refractivity (Wildman–Crippen MR) is 87.1 cm³/mol. The molecule has 3 nitrogen and oxygen atoms in total. The van der Waals surface area contributed by atoms with Crippen molar-refractivity contribution >= 4 is 5.97 Å². The van der Waals surface area contributed by atoms with Crippen LogP contribution in [0.15, 0.2) is 30.3 Å². The third kappa shape index (κ3) is 6.30. The molecule has 118 valence electrons. The maximum Gasteiger partial charge on any atom is 0.323 e. The van der Waals surface area contributed by atoms with Crippen molar-refractivity contribution in [3.63, 3.8) is 0 Å². The van der Waals surface area contributed by atoms with E-state index in [9.17, 15) is 4.79 Å². The molecule has 0 saturated carbocycles. The van der Waals surface area contributed by atoms with Crippen LogP contribution in [-0.2, 0) is 16.1 Å². The molecule has 0 aliphatic carbocycles.